The Morgan fingerprint density at radius 2 is 1.80 bits per heavy atom. The minimum Gasteiger partial charge on any atom is -0.541 e. The second-order valence-corrected chi connectivity index (χ2v) is 2.10. The van der Waals surface area contributed by atoms with Crippen LogP contribution in [0.1, 0.15) is 10.6 Å². The van der Waals surface area contributed by atoms with Gasteiger partial charge in [-0.3, -0.25) is 20.2 Å². The zero-order valence-electron chi connectivity index (χ0n) is 7.33. The number of hydrogen-bond donors (Lipinski definition) is 0. The Bertz CT molecular complexity index is 394. The van der Waals surface area contributed by atoms with Crippen molar-refractivity contribution in [2.45, 2.75) is 0 Å². The number of nitrogens with zero attached hydrogens (tertiary/aromatic N) is 2. The van der Waals surface area contributed by atoms with E-state index in [0.29, 0.717) is 6.26 Å². The number of nitro groups is 2. The van der Waals surface area contributed by atoms with Gasteiger partial charge in [-0.15, -0.1) is 0 Å². The molecule has 10 heteroatoms. The maximum atomic E-state index is 10.3. The first-order valence-electron chi connectivity index (χ1n) is 3.06. The molecular formula is C5HKN2O7. The normalized spacial score (nSPS) is 9.07. The molecule has 0 aromatic carbocycles. The minimum absolute atomic E-state index is 0. The van der Waals surface area contributed by atoms with E-state index in [1.165, 1.54) is 0 Å². The molecule has 9 nitrogen and oxygen atoms in total. The fourth-order valence-corrected chi connectivity index (χ4v) is 0.793. The Kier molecular flexibility index (Phi) is 5.03. The van der Waals surface area contributed by atoms with Gasteiger partial charge < -0.3 is 14.3 Å². The largest absolute Gasteiger partial charge is 1.00 e. The van der Waals surface area contributed by atoms with Crippen LogP contribution in [0.25, 0.3) is 0 Å². The van der Waals surface area contributed by atoms with Crippen LogP contribution in [-0.2, 0) is 0 Å². The molecule has 0 saturated heterocycles. The van der Waals surface area contributed by atoms with E-state index < -0.39 is 33.0 Å². The van der Waals surface area contributed by atoms with Crippen LogP contribution in [0.2, 0.25) is 0 Å². The first-order valence-corrected chi connectivity index (χ1v) is 3.06. The maximum Gasteiger partial charge on any atom is 1.00 e. The van der Waals surface area contributed by atoms with Gasteiger partial charge in [-0.25, -0.2) is 0 Å². The van der Waals surface area contributed by atoms with Gasteiger partial charge in [-0.2, -0.15) is 0 Å². The standard InChI is InChI=1S/C5H2N2O7.K/c8-5(9)4-3(7(12)13)2(1-14-4)6(10)11;/h1H,(H,8,9);/q;+1/p-1. The molecule has 1 heterocycles. The summed E-state index contributed by atoms with van der Waals surface area (Å²) >= 11 is 0. The molecule has 0 unspecified atom stereocenters. The van der Waals surface area contributed by atoms with Crippen molar-refractivity contribution in [3.05, 3.63) is 32.3 Å². The summed E-state index contributed by atoms with van der Waals surface area (Å²) in [6, 6.07) is 0. The molecule has 0 bridgehead atoms. The number of furan rings is 1. The number of carbonyl (C=O) groups is 1. The third-order valence-corrected chi connectivity index (χ3v) is 1.31. The summed E-state index contributed by atoms with van der Waals surface area (Å²) < 4.78 is 4.13. The number of carboxylic acids is 1. The third-order valence-electron chi connectivity index (χ3n) is 1.31. The molecule has 0 radical (unpaired) electrons. The van der Waals surface area contributed by atoms with Crippen LogP contribution in [0, 0.1) is 20.2 Å². The Morgan fingerprint density at radius 1 is 1.27 bits per heavy atom. The van der Waals surface area contributed by atoms with Gasteiger partial charge in [0, 0.05) is 0 Å². The van der Waals surface area contributed by atoms with Crippen LogP contribution in [0.5, 0.6) is 0 Å². The average molecular weight is 240 g/mol. The van der Waals surface area contributed by atoms with Crippen molar-refractivity contribution in [1.29, 1.82) is 0 Å². The van der Waals surface area contributed by atoms with Crippen LogP contribution in [0.3, 0.4) is 0 Å². The molecule has 0 spiro atoms. The number of rotatable bonds is 3. The minimum atomic E-state index is -1.98. The van der Waals surface area contributed by atoms with Gasteiger partial charge in [0.2, 0.25) is 5.76 Å². The Hall–Kier alpha value is -0.814. The van der Waals surface area contributed by atoms with Crippen LogP contribution in [0.15, 0.2) is 10.7 Å². The molecule has 0 N–H and O–H groups in total. The molecule has 1 aromatic rings. The second kappa shape index (κ2) is 5.32. The number of hydrogen-bond acceptors (Lipinski definition) is 7. The Balaban J connectivity index is 0.00000196. The predicted octanol–water partition coefficient (Wildman–Crippen LogP) is -3.54. The van der Waals surface area contributed by atoms with E-state index in [-0.39, 0.29) is 51.4 Å². The zero-order chi connectivity index (χ0) is 10.9. The topological polar surface area (TPSA) is 140 Å². The summed E-state index contributed by atoms with van der Waals surface area (Å²) in [5, 5.41) is 30.7. The quantitative estimate of drug-likeness (QED) is 0.303. The molecule has 0 aliphatic carbocycles. The van der Waals surface area contributed by atoms with Gasteiger partial charge in [0.25, 0.3) is 0 Å². The monoisotopic (exact) mass is 240 g/mol. The molecule has 74 valence electrons. The Morgan fingerprint density at radius 3 is 2.13 bits per heavy atom. The molecular weight excluding hydrogens is 239 g/mol. The van der Waals surface area contributed by atoms with Crippen LogP contribution in [-0.4, -0.2) is 15.8 Å². The van der Waals surface area contributed by atoms with Crippen LogP contribution < -0.4 is 56.5 Å². The van der Waals surface area contributed by atoms with Crippen molar-refractivity contribution in [1.82, 2.24) is 0 Å². The molecule has 15 heavy (non-hydrogen) atoms. The van der Waals surface area contributed by atoms with E-state index in [1.807, 2.05) is 0 Å². The molecule has 1 rings (SSSR count). The molecule has 1 aromatic heterocycles. The van der Waals surface area contributed by atoms with Crippen molar-refractivity contribution in [2.24, 2.45) is 0 Å². The van der Waals surface area contributed by atoms with Crippen molar-refractivity contribution in [2.75, 3.05) is 0 Å². The van der Waals surface area contributed by atoms with Crippen LogP contribution in [0.4, 0.5) is 11.4 Å². The van der Waals surface area contributed by atoms with Crippen molar-refractivity contribution < 1.29 is 75.5 Å². The number of carbonyl (C=O) groups excluding carboxylic acids is 1. The van der Waals surface area contributed by atoms with Gasteiger partial charge in [0.15, 0.2) is 6.26 Å². The molecule has 0 atom stereocenters. The van der Waals surface area contributed by atoms with E-state index in [4.69, 9.17) is 0 Å². The van der Waals surface area contributed by atoms with Crippen molar-refractivity contribution in [3.63, 3.8) is 0 Å². The van der Waals surface area contributed by atoms with Gasteiger partial charge in [-0.05, 0) is 0 Å². The predicted molar refractivity (Wildman–Crippen MR) is 36.3 cm³/mol. The summed E-state index contributed by atoms with van der Waals surface area (Å²) in [6.07, 6.45) is 0.378. The average Bonchev–Trinajstić information content (AvgIpc) is 2.46. The number of aromatic carboxylic acids is 1. The van der Waals surface area contributed by atoms with Crippen molar-refractivity contribution >= 4 is 17.3 Å². The van der Waals surface area contributed by atoms with E-state index in [0.717, 1.165) is 0 Å². The van der Waals surface area contributed by atoms with Crippen LogP contribution >= 0.6 is 0 Å². The molecule has 0 amide bonds. The summed E-state index contributed by atoms with van der Waals surface area (Å²) in [7, 11) is 0. The first-order chi connectivity index (χ1) is 6.45. The molecule has 0 fully saturated rings. The molecule has 0 saturated carbocycles. The van der Waals surface area contributed by atoms with Gasteiger partial charge in [-0.1, -0.05) is 0 Å². The summed E-state index contributed by atoms with van der Waals surface area (Å²) in [6.45, 7) is 0. The van der Waals surface area contributed by atoms with E-state index in [1.54, 1.807) is 0 Å². The van der Waals surface area contributed by atoms with E-state index in [2.05, 4.69) is 4.42 Å². The zero-order valence-corrected chi connectivity index (χ0v) is 10.5. The fourth-order valence-electron chi connectivity index (χ4n) is 0.793. The third kappa shape index (κ3) is 2.82. The summed E-state index contributed by atoms with van der Waals surface area (Å²) in [5.74, 6) is -3.15. The summed E-state index contributed by atoms with van der Waals surface area (Å²) in [5.41, 5.74) is -2.23. The van der Waals surface area contributed by atoms with E-state index >= 15 is 0 Å². The smallest absolute Gasteiger partial charge is 0.541 e. The van der Waals surface area contributed by atoms with E-state index in [9.17, 15) is 30.1 Å². The number of carboxylic acid groups (broad SMARTS) is 1. The Labute approximate surface area is 124 Å². The fraction of sp³-hybridized carbons (Fsp3) is 0. The molecule has 0 aliphatic heterocycles. The SMILES string of the molecule is O=C([O-])c1occ([N+](=O)[O-])c1[N+](=O)[O-].[K+]. The van der Waals surface area contributed by atoms with Crippen molar-refractivity contribution in [3.8, 4) is 0 Å². The summed E-state index contributed by atoms with van der Waals surface area (Å²) in [4.78, 5) is 28.4. The first kappa shape index (κ1) is 14.2. The van der Waals surface area contributed by atoms with Gasteiger partial charge in [0.1, 0.15) is 5.97 Å². The maximum absolute atomic E-state index is 10.3. The molecule has 0 aliphatic rings. The van der Waals surface area contributed by atoms with Gasteiger partial charge in [0.05, 0.1) is 9.85 Å². The second-order valence-electron chi connectivity index (χ2n) is 2.10. The van der Waals surface area contributed by atoms with Gasteiger partial charge >= 0.3 is 62.8 Å².